The number of benzene rings is 1. The zero-order valence-electron chi connectivity index (χ0n) is 9.04. The fraction of sp³-hybridized carbons (Fsp3) is 0.500. The van der Waals surface area contributed by atoms with Gasteiger partial charge in [0.15, 0.2) is 0 Å². The van der Waals surface area contributed by atoms with Gasteiger partial charge in [-0.1, -0.05) is 12.1 Å². The van der Waals surface area contributed by atoms with E-state index in [1.54, 1.807) is 12.1 Å². The van der Waals surface area contributed by atoms with Crippen molar-refractivity contribution in [1.82, 2.24) is 0 Å². The number of nitrogens with two attached hydrogens (primary N) is 1. The van der Waals surface area contributed by atoms with Crippen LogP contribution in [-0.2, 0) is 6.42 Å². The number of hydrogen-bond acceptors (Lipinski definition) is 2. The van der Waals surface area contributed by atoms with E-state index in [4.69, 9.17) is 10.8 Å². The van der Waals surface area contributed by atoms with Gasteiger partial charge in [0, 0.05) is 5.54 Å². The van der Waals surface area contributed by atoms with Crippen molar-refractivity contribution < 1.29 is 9.50 Å². The van der Waals surface area contributed by atoms with Crippen LogP contribution in [0.2, 0.25) is 0 Å². The third-order valence-electron chi connectivity index (χ3n) is 2.49. The van der Waals surface area contributed by atoms with Crippen molar-refractivity contribution in [3.63, 3.8) is 0 Å². The van der Waals surface area contributed by atoms with Gasteiger partial charge in [0.1, 0.15) is 5.82 Å². The first-order chi connectivity index (χ1) is 7.03. The smallest absolute Gasteiger partial charge is 0.123 e. The highest BCUT2D eigenvalue weighted by molar-refractivity contribution is 5.16. The highest BCUT2D eigenvalue weighted by Gasteiger charge is 2.15. The summed E-state index contributed by atoms with van der Waals surface area (Å²) in [5.41, 5.74) is 6.40. The molecule has 0 saturated heterocycles. The Morgan fingerprint density at radius 3 is 2.47 bits per heavy atom. The van der Waals surface area contributed by atoms with Crippen molar-refractivity contribution in [1.29, 1.82) is 0 Å². The molecule has 0 amide bonds. The lowest BCUT2D eigenvalue weighted by Gasteiger charge is -2.21. The Morgan fingerprint density at radius 1 is 1.33 bits per heavy atom. The maximum absolute atomic E-state index is 12.6. The molecule has 3 N–H and O–H groups in total. The van der Waals surface area contributed by atoms with E-state index in [2.05, 4.69) is 0 Å². The molecule has 0 aliphatic rings. The standard InChI is InChI=1S/C12H18FNO/c1-12(14,9-15)8-2-3-10-4-6-11(13)7-5-10/h4-7,15H,2-3,8-9,14H2,1H3. The Hall–Kier alpha value is -0.930. The second-order valence-electron chi connectivity index (χ2n) is 4.29. The van der Waals surface area contributed by atoms with Gasteiger partial charge in [-0.15, -0.1) is 0 Å². The van der Waals surface area contributed by atoms with Crippen LogP contribution >= 0.6 is 0 Å². The highest BCUT2D eigenvalue weighted by Crippen LogP contribution is 2.12. The maximum atomic E-state index is 12.6. The molecule has 1 unspecified atom stereocenters. The molecule has 0 fully saturated rings. The summed E-state index contributed by atoms with van der Waals surface area (Å²) in [6.45, 7) is 1.83. The number of rotatable bonds is 5. The third kappa shape index (κ3) is 4.40. The van der Waals surface area contributed by atoms with Gasteiger partial charge in [-0.3, -0.25) is 0 Å². The maximum Gasteiger partial charge on any atom is 0.123 e. The van der Waals surface area contributed by atoms with Crippen molar-refractivity contribution >= 4 is 0 Å². The first-order valence-electron chi connectivity index (χ1n) is 5.18. The van der Waals surface area contributed by atoms with Gasteiger partial charge < -0.3 is 10.8 Å². The predicted octanol–water partition coefficient (Wildman–Crippen LogP) is 1.86. The SMILES string of the molecule is CC(N)(CO)CCCc1ccc(F)cc1. The second kappa shape index (κ2) is 5.24. The summed E-state index contributed by atoms with van der Waals surface area (Å²) < 4.78 is 12.6. The summed E-state index contributed by atoms with van der Waals surface area (Å²) in [6, 6.07) is 6.48. The molecule has 1 atom stereocenters. The average Bonchev–Trinajstić information content (AvgIpc) is 2.21. The van der Waals surface area contributed by atoms with Crippen LogP contribution < -0.4 is 5.73 Å². The molecule has 0 aliphatic carbocycles. The van der Waals surface area contributed by atoms with Crippen LogP contribution in [0, 0.1) is 5.82 Å². The number of halogens is 1. The fourth-order valence-corrected chi connectivity index (χ4v) is 1.43. The summed E-state index contributed by atoms with van der Waals surface area (Å²) >= 11 is 0. The van der Waals surface area contributed by atoms with Gasteiger partial charge in [0.25, 0.3) is 0 Å². The van der Waals surface area contributed by atoms with E-state index >= 15 is 0 Å². The monoisotopic (exact) mass is 211 g/mol. The normalized spacial score (nSPS) is 14.9. The molecule has 1 rings (SSSR count). The summed E-state index contributed by atoms with van der Waals surface area (Å²) in [4.78, 5) is 0. The van der Waals surface area contributed by atoms with E-state index in [0.717, 1.165) is 24.8 Å². The number of aryl methyl sites for hydroxylation is 1. The van der Waals surface area contributed by atoms with Gasteiger partial charge in [0.05, 0.1) is 6.61 Å². The molecule has 0 bridgehead atoms. The van der Waals surface area contributed by atoms with E-state index < -0.39 is 5.54 Å². The van der Waals surface area contributed by atoms with Gasteiger partial charge in [-0.2, -0.15) is 0 Å². The molecule has 0 saturated carbocycles. The summed E-state index contributed by atoms with van der Waals surface area (Å²) in [7, 11) is 0. The number of hydrogen-bond donors (Lipinski definition) is 2. The van der Waals surface area contributed by atoms with Crippen LogP contribution in [0.15, 0.2) is 24.3 Å². The summed E-state index contributed by atoms with van der Waals surface area (Å²) in [5.74, 6) is -0.210. The number of aliphatic hydroxyl groups is 1. The van der Waals surface area contributed by atoms with Gasteiger partial charge in [-0.05, 0) is 43.9 Å². The summed E-state index contributed by atoms with van der Waals surface area (Å²) in [5, 5.41) is 8.95. The molecule has 0 aromatic heterocycles. The van der Waals surface area contributed by atoms with Crippen LogP contribution in [0.4, 0.5) is 4.39 Å². The van der Waals surface area contributed by atoms with E-state index in [9.17, 15) is 4.39 Å². The molecular formula is C12H18FNO. The van der Waals surface area contributed by atoms with E-state index in [1.165, 1.54) is 12.1 Å². The molecule has 1 aromatic carbocycles. The minimum atomic E-state index is -0.500. The van der Waals surface area contributed by atoms with E-state index in [-0.39, 0.29) is 12.4 Å². The molecule has 2 nitrogen and oxygen atoms in total. The van der Waals surface area contributed by atoms with Crippen LogP contribution in [0.3, 0.4) is 0 Å². The van der Waals surface area contributed by atoms with Crippen LogP contribution in [0.25, 0.3) is 0 Å². The third-order valence-corrected chi connectivity index (χ3v) is 2.49. The molecule has 0 spiro atoms. The van der Waals surface area contributed by atoms with Crippen LogP contribution in [0.5, 0.6) is 0 Å². The lowest BCUT2D eigenvalue weighted by molar-refractivity contribution is 0.198. The lowest BCUT2D eigenvalue weighted by atomic mass is 9.95. The first-order valence-corrected chi connectivity index (χ1v) is 5.18. The molecule has 15 heavy (non-hydrogen) atoms. The molecule has 0 aliphatic heterocycles. The van der Waals surface area contributed by atoms with Gasteiger partial charge >= 0.3 is 0 Å². The van der Waals surface area contributed by atoms with Crippen molar-refractivity contribution in [2.75, 3.05) is 6.61 Å². The molecular weight excluding hydrogens is 193 g/mol. The highest BCUT2D eigenvalue weighted by atomic mass is 19.1. The van der Waals surface area contributed by atoms with Gasteiger partial charge in [0.2, 0.25) is 0 Å². The Morgan fingerprint density at radius 2 is 1.93 bits per heavy atom. The molecule has 3 heteroatoms. The lowest BCUT2D eigenvalue weighted by Crippen LogP contribution is -2.40. The van der Waals surface area contributed by atoms with Crippen molar-refractivity contribution in [2.45, 2.75) is 31.7 Å². The Bertz CT molecular complexity index is 295. The first kappa shape index (κ1) is 12.1. The van der Waals surface area contributed by atoms with Crippen molar-refractivity contribution in [3.8, 4) is 0 Å². The zero-order valence-corrected chi connectivity index (χ0v) is 9.04. The topological polar surface area (TPSA) is 46.2 Å². The molecule has 84 valence electrons. The molecule has 1 aromatic rings. The Balaban J connectivity index is 2.35. The van der Waals surface area contributed by atoms with E-state index in [0.29, 0.717) is 0 Å². The van der Waals surface area contributed by atoms with Crippen molar-refractivity contribution in [2.24, 2.45) is 5.73 Å². The predicted molar refractivity (Wildman–Crippen MR) is 59.0 cm³/mol. The van der Waals surface area contributed by atoms with Gasteiger partial charge in [-0.25, -0.2) is 4.39 Å². The largest absolute Gasteiger partial charge is 0.394 e. The molecule has 0 heterocycles. The molecule has 0 radical (unpaired) electrons. The van der Waals surface area contributed by atoms with E-state index in [1.807, 2.05) is 6.92 Å². The van der Waals surface area contributed by atoms with Crippen molar-refractivity contribution in [3.05, 3.63) is 35.6 Å². The fourth-order valence-electron chi connectivity index (χ4n) is 1.43. The quantitative estimate of drug-likeness (QED) is 0.781. The second-order valence-corrected chi connectivity index (χ2v) is 4.29. The average molecular weight is 211 g/mol. The minimum absolute atomic E-state index is 0.00355. The van der Waals surface area contributed by atoms with Crippen LogP contribution in [-0.4, -0.2) is 17.3 Å². The summed E-state index contributed by atoms with van der Waals surface area (Å²) in [6.07, 6.45) is 2.53. The zero-order chi connectivity index (χ0) is 11.3. The van der Waals surface area contributed by atoms with Crippen LogP contribution in [0.1, 0.15) is 25.3 Å². The Kier molecular flexibility index (Phi) is 4.24. The minimum Gasteiger partial charge on any atom is -0.394 e. The Labute approximate surface area is 89.9 Å². The number of aliphatic hydroxyl groups excluding tert-OH is 1.